The van der Waals surface area contributed by atoms with Gasteiger partial charge in [0.1, 0.15) is 0 Å². The van der Waals surface area contributed by atoms with Crippen LogP contribution in [0.5, 0.6) is 11.8 Å². The van der Waals surface area contributed by atoms with Gasteiger partial charge in [0.2, 0.25) is 11.8 Å². The first-order valence-corrected chi connectivity index (χ1v) is 9.51. The summed E-state index contributed by atoms with van der Waals surface area (Å²) < 4.78 is 79.5. The maximum absolute atomic E-state index is 13.1. The highest BCUT2D eigenvalue weighted by Crippen LogP contribution is 2.70. The molecule has 4 nitrogen and oxygen atoms in total. The number of rotatable bonds is 2. The molecule has 3 N–H and O–H groups in total. The second-order valence-electron chi connectivity index (χ2n) is 8.42. The van der Waals surface area contributed by atoms with Gasteiger partial charge in [0.15, 0.2) is 0 Å². The molecule has 2 aromatic rings. The number of nitrogens with zero attached hydrogens (tertiary/aromatic N) is 1. The molecule has 0 spiro atoms. The molecule has 162 valence electrons. The Labute approximate surface area is 166 Å². The standard InChI is InChI=1S/C20H17F6NO3/c21-19(22,23)18(30,20(24,25)26)8-1-3-9(4-2-8)27-16(28)14-10-5-6-11(13-7-12(10)13)15(14)17(27)29/h1-4,10-13,28-30H,5-7H2/t10-,11+,12+,13-. The Bertz CT molecular complexity index is 970. The first-order chi connectivity index (χ1) is 13.9. The van der Waals surface area contributed by atoms with Crippen molar-refractivity contribution in [3.05, 3.63) is 41.0 Å². The van der Waals surface area contributed by atoms with Gasteiger partial charge in [-0.05, 0) is 55.1 Å². The molecular weight excluding hydrogens is 416 g/mol. The van der Waals surface area contributed by atoms with Crippen molar-refractivity contribution in [3.63, 3.8) is 0 Å². The number of benzene rings is 1. The molecule has 10 heteroatoms. The minimum Gasteiger partial charge on any atom is -0.494 e. The van der Waals surface area contributed by atoms with Crippen LogP contribution in [0.4, 0.5) is 26.3 Å². The van der Waals surface area contributed by atoms with Gasteiger partial charge in [-0.2, -0.15) is 26.3 Å². The number of aliphatic hydroxyl groups is 1. The highest BCUT2D eigenvalue weighted by atomic mass is 19.4. The molecule has 4 aliphatic rings. The molecule has 0 aliphatic heterocycles. The van der Waals surface area contributed by atoms with Crippen molar-refractivity contribution in [3.8, 4) is 17.4 Å². The molecule has 6 rings (SSSR count). The number of halogens is 6. The maximum Gasteiger partial charge on any atom is 0.430 e. The molecule has 0 amide bonds. The fourth-order valence-corrected chi connectivity index (χ4v) is 5.56. The number of hydrogen-bond donors (Lipinski definition) is 3. The minimum absolute atomic E-state index is 0.00271. The third-order valence-corrected chi connectivity index (χ3v) is 7.01. The highest BCUT2D eigenvalue weighted by Gasteiger charge is 2.71. The Balaban J connectivity index is 1.59. The van der Waals surface area contributed by atoms with E-state index >= 15 is 0 Å². The summed E-state index contributed by atoms with van der Waals surface area (Å²) in [5, 5.41) is 31.0. The smallest absolute Gasteiger partial charge is 0.430 e. The van der Waals surface area contributed by atoms with Crippen LogP contribution in [0.3, 0.4) is 0 Å². The zero-order valence-corrected chi connectivity index (χ0v) is 15.3. The van der Waals surface area contributed by atoms with E-state index in [0.717, 1.165) is 36.0 Å². The van der Waals surface area contributed by atoms with Crippen LogP contribution in [-0.4, -0.2) is 32.2 Å². The molecule has 2 fully saturated rings. The maximum atomic E-state index is 13.1. The van der Waals surface area contributed by atoms with E-state index in [1.54, 1.807) is 0 Å². The molecular formula is C20H17F6NO3. The Hall–Kier alpha value is -2.36. The van der Waals surface area contributed by atoms with Gasteiger partial charge >= 0.3 is 12.4 Å². The van der Waals surface area contributed by atoms with Crippen LogP contribution >= 0.6 is 0 Å². The number of aromatic hydroxyl groups is 2. The molecule has 4 atom stereocenters. The average molecular weight is 433 g/mol. The number of hydrogen-bond acceptors (Lipinski definition) is 3. The van der Waals surface area contributed by atoms with E-state index in [0.29, 0.717) is 35.1 Å². The van der Waals surface area contributed by atoms with Crippen molar-refractivity contribution in [1.29, 1.82) is 0 Å². The lowest BCUT2D eigenvalue weighted by molar-refractivity contribution is -0.376. The molecule has 0 unspecified atom stereocenters. The lowest BCUT2D eigenvalue weighted by atomic mass is 9.68. The number of aromatic nitrogens is 1. The van der Waals surface area contributed by atoms with Crippen LogP contribution in [0.1, 0.15) is 47.8 Å². The topological polar surface area (TPSA) is 65.6 Å². The second-order valence-corrected chi connectivity index (χ2v) is 8.42. The summed E-state index contributed by atoms with van der Waals surface area (Å²) in [4.78, 5) is 0. The van der Waals surface area contributed by atoms with Crippen LogP contribution < -0.4 is 0 Å². The summed E-state index contributed by atoms with van der Waals surface area (Å²) in [6.07, 6.45) is -9.18. The van der Waals surface area contributed by atoms with Gasteiger partial charge in [-0.15, -0.1) is 0 Å². The van der Waals surface area contributed by atoms with Crippen molar-refractivity contribution in [2.24, 2.45) is 11.8 Å². The van der Waals surface area contributed by atoms with Crippen molar-refractivity contribution >= 4 is 0 Å². The number of fused-ring (bicyclic) bond motifs is 1. The SMILES string of the molecule is Oc1c2c(c(O)n1-c1ccc(C(O)(C(F)(F)F)C(F)(F)F)cc1)[C@@H]1CC[C@H]2[C@H]2C[C@H]21. The van der Waals surface area contributed by atoms with Gasteiger partial charge in [-0.1, -0.05) is 12.1 Å². The molecule has 4 aliphatic carbocycles. The molecule has 1 aromatic carbocycles. The third-order valence-electron chi connectivity index (χ3n) is 7.01. The van der Waals surface area contributed by atoms with Crippen molar-refractivity contribution in [2.45, 2.75) is 49.1 Å². The number of alkyl halides is 6. The van der Waals surface area contributed by atoms with Crippen LogP contribution in [0, 0.1) is 11.8 Å². The van der Waals surface area contributed by atoms with Gasteiger partial charge in [-0.25, -0.2) is 0 Å². The first kappa shape index (κ1) is 19.6. The van der Waals surface area contributed by atoms with Crippen LogP contribution in [0.15, 0.2) is 24.3 Å². The third kappa shape index (κ3) is 2.28. The molecule has 2 bridgehead atoms. The summed E-state index contributed by atoms with van der Waals surface area (Å²) in [7, 11) is 0. The molecule has 1 aromatic heterocycles. The van der Waals surface area contributed by atoms with Crippen LogP contribution in [0.2, 0.25) is 0 Å². The lowest BCUT2D eigenvalue weighted by Gasteiger charge is -2.35. The van der Waals surface area contributed by atoms with Crippen LogP contribution in [-0.2, 0) is 5.60 Å². The average Bonchev–Trinajstić information content (AvgIpc) is 3.43. The van der Waals surface area contributed by atoms with E-state index in [4.69, 9.17) is 0 Å². The summed E-state index contributed by atoms with van der Waals surface area (Å²) in [5.74, 6) is 0.625. The fraction of sp³-hybridized carbons (Fsp3) is 0.500. The lowest BCUT2D eigenvalue weighted by Crippen LogP contribution is -2.53. The van der Waals surface area contributed by atoms with E-state index in [9.17, 15) is 41.7 Å². The summed E-state index contributed by atoms with van der Waals surface area (Å²) in [6.45, 7) is 0. The van der Waals surface area contributed by atoms with E-state index in [1.165, 1.54) is 0 Å². The molecule has 30 heavy (non-hydrogen) atoms. The summed E-state index contributed by atoms with van der Waals surface area (Å²) in [5.41, 5.74) is -5.16. The monoisotopic (exact) mass is 433 g/mol. The Morgan fingerprint density at radius 1 is 0.767 bits per heavy atom. The predicted molar refractivity (Wildman–Crippen MR) is 91.4 cm³/mol. The van der Waals surface area contributed by atoms with Gasteiger partial charge in [0.05, 0.1) is 5.69 Å². The first-order valence-electron chi connectivity index (χ1n) is 9.51. The Morgan fingerprint density at radius 2 is 1.20 bits per heavy atom. The van der Waals surface area contributed by atoms with E-state index < -0.39 is 23.5 Å². The van der Waals surface area contributed by atoms with Crippen molar-refractivity contribution < 1.29 is 41.7 Å². The summed E-state index contributed by atoms with van der Waals surface area (Å²) >= 11 is 0. The van der Waals surface area contributed by atoms with E-state index in [2.05, 4.69) is 0 Å². The van der Waals surface area contributed by atoms with E-state index in [1.807, 2.05) is 0 Å². The van der Waals surface area contributed by atoms with Gasteiger partial charge in [0, 0.05) is 16.7 Å². The Morgan fingerprint density at radius 3 is 1.60 bits per heavy atom. The summed E-state index contributed by atoms with van der Waals surface area (Å²) in [6, 6.07) is 2.82. The second kappa shape index (κ2) is 5.66. The normalized spacial score (nSPS) is 27.7. The molecule has 1 heterocycles. The highest BCUT2D eigenvalue weighted by molar-refractivity contribution is 5.59. The quantitative estimate of drug-likeness (QED) is 0.596. The zero-order valence-electron chi connectivity index (χ0n) is 15.3. The Kier molecular flexibility index (Phi) is 3.69. The zero-order chi connectivity index (χ0) is 21.8. The van der Waals surface area contributed by atoms with Gasteiger partial charge in [0.25, 0.3) is 5.60 Å². The van der Waals surface area contributed by atoms with Crippen molar-refractivity contribution in [1.82, 2.24) is 4.57 Å². The minimum atomic E-state index is -5.98. The van der Waals surface area contributed by atoms with Crippen LogP contribution in [0.25, 0.3) is 5.69 Å². The molecule has 0 radical (unpaired) electrons. The largest absolute Gasteiger partial charge is 0.494 e. The fourth-order valence-electron chi connectivity index (χ4n) is 5.56. The predicted octanol–water partition coefficient (Wildman–Crippen LogP) is 4.81. The van der Waals surface area contributed by atoms with Gasteiger partial charge in [-0.3, -0.25) is 4.57 Å². The molecule has 2 saturated carbocycles. The van der Waals surface area contributed by atoms with Crippen molar-refractivity contribution in [2.75, 3.05) is 0 Å². The van der Waals surface area contributed by atoms with E-state index in [-0.39, 0.29) is 29.3 Å². The molecule has 0 saturated heterocycles. The van der Waals surface area contributed by atoms with Gasteiger partial charge < -0.3 is 15.3 Å².